The van der Waals surface area contributed by atoms with Gasteiger partial charge in [-0.25, -0.2) is 0 Å². The van der Waals surface area contributed by atoms with Crippen LogP contribution in [0.5, 0.6) is 0 Å². The molecule has 1 unspecified atom stereocenters. The second-order valence-corrected chi connectivity index (χ2v) is 5.79. The average molecular weight is 316 g/mol. The van der Waals surface area contributed by atoms with Crippen molar-refractivity contribution in [3.63, 3.8) is 0 Å². The topological polar surface area (TPSA) is 56.2 Å². The van der Waals surface area contributed by atoms with E-state index in [1.807, 2.05) is 25.5 Å². The zero-order chi connectivity index (χ0) is 15.9. The zero-order valence-corrected chi connectivity index (χ0v) is 14.2. The van der Waals surface area contributed by atoms with Gasteiger partial charge in [0.15, 0.2) is 0 Å². The lowest BCUT2D eigenvalue weighted by Gasteiger charge is -2.28. The number of halogens is 1. The van der Waals surface area contributed by atoms with Gasteiger partial charge in [0.1, 0.15) is 5.54 Å². The summed E-state index contributed by atoms with van der Waals surface area (Å²) in [6, 6.07) is 0. The van der Waals surface area contributed by atoms with E-state index in [0.29, 0.717) is 18.1 Å². The summed E-state index contributed by atoms with van der Waals surface area (Å²) in [6.07, 6.45) is 4.15. The highest BCUT2D eigenvalue weighted by atomic mass is 35.5. The summed E-state index contributed by atoms with van der Waals surface area (Å²) in [5.41, 5.74) is 0.313. The number of hydrogen-bond donors (Lipinski definition) is 1. The fourth-order valence-corrected chi connectivity index (χ4v) is 2.33. The molecule has 0 aliphatic heterocycles. The summed E-state index contributed by atoms with van der Waals surface area (Å²) in [4.78, 5) is 12.2. The van der Waals surface area contributed by atoms with E-state index < -0.39 is 5.54 Å². The van der Waals surface area contributed by atoms with Crippen LogP contribution in [0, 0.1) is 6.92 Å². The Labute approximate surface area is 132 Å². The SMILES string of the molecule is CCCNC(C)(CCCn1ncc(Cl)c1C)C(=O)OCC. The number of nitrogens with one attached hydrogen (secondary N) is 1. The molecule has 0 aliphatic rings. The van der Waals surface area contributed by atoms with Crippen LogP contribution in [-0.2, 0) is 16.1 Å². The first kappa shape index (κ1) is 18.0. The molecule has 0 aromatic carbocycles. The zero-order valence-electron chi connectivity index (χ0n) is 13.4. The lowest BCUT2D eigenvalue weighted by atomic mass is 9.95. The second kappa shape index (κ2) is 8.39. The lowest BCUT2D eigenvalue weighted by Crippen LogP contribution is -2.50. The van der Waals surface area contributed by atoms with Crippen molar-refractivity contribution in [1.82, 2.24) is 15.1 Å². The van der Waals surface area contributed by atoms with Crippen LogP contribution in [0.1, 0.15) is 45.7 Å². The molecule has 0 radical (unpaired) electrons. The maximum Gasteiger partial charge on any atom is 0.326 e. The Balaban J connectivity index is 2.60. The fraction of sp³-hybridized carbons (Fsp3) is 0.733. The molecule has 1 N–H and O–H groups in total. The van der Waals surface area contributed by atoms with E-state index in [1.54, 1.807) is 6.20 Å². The van der Waals surface area contributed by atoms with Crippen molar-refractivity contribution in [1.29, 1.82) is 0 Å². The van der Waals surface area contributed by atoms with E-state index in [4.69, 9.17) is 16.3 Å². The predicted octanol–water partition coefficient (Wildman–Crippen LogP) is 2.95. The van der Waals surface area contributed by atoms with Crippen molar-refractivity contribution in [3.8, 4) is 0 Å². The molecule has 1 aromatic heterocycles. The van der Waals surface area contributed by atoms with Crippen LogP contribution in [0.4, 0.5) is 0 Å². The van der Waals surface area contributed by atoms with E-state index in [2.05, 4.69) is 17.3 Å². The number of nitrogens with zero attached hydrogens (tertiary/aromatic N) is 2. The maximum absolute atomic E-state index is 12.2. The van der Waals surface area contributed by atoms with Crippen LogP contribution >= 0.6 is 11.6 Å². The van der Waals surface area contributed by atoms with Crippen molar-refractivity contribution in [3.05, 3.63) is 16.9 Å². The Kier molecular flexibility index (Phi) is 7.18. The summed E-state index contributed by atoms with van der Waals surface area (Å²) >= 11 is 5.99. The number of ether oxygens (including phenoxy) is 1. The van der Waals surface area contributed by atoms with Gasteiger partial charge in [0.05, 0.1) is 23.5 Å². The molecule has 0 bridgehead atoms. The molecule has 0 spiro atoms. The summed E-state index contributed by atoms with van der Waals surface area (Å²) in [5.74, 6) is -0.186. The van der Waals surface area contributed by atoms with Crippen molar-refractivity contribution in [2.45, 2.75) is 59.0 Å². The first-order valence-electron chi connectivity index (χ1n) is 7.54. The molecule has 21 heavy (non-hydrogen) atoms. The smallest absolute Gasteiger partial charge is 0.326 e. The highest BCUT2D eigenvalue weighted by molar-refractivity contribution is 6.31. The molecular formula is C15H26ClN3O2. The van der Waals surface area contributed by atoms with Gasteiger partial charge in [0.25, 0.3) is 0 Å². The van der Waals surface area contributed by atoms with Crippen LogP contribution in [0.15, 0.2) is 6.20 Å². The summed E-state index contributed by atoms with van der Waals surface area (Å²) < 4.78 is 7.06. The number of aromatic nitrogens is 2. The van der Waals surface area contributed by atoms with Gasteiger partial charge in [-0.05, 0) is 46.6 Å². The Morgan fingerprint density at radius 3 is 2.76 bits per heavy atom. The molecule has 0 amide bonds. The number of hydrogen-bond acceptors (Lipinski definition) is 4. The quantitative estimate of drug-likeness (QED) is 0.712. The van der Waals surface area contributed by atoms with Gasteiger partial charge in [-0.1, -0.05) is 18.5 Å². The lowest BCUT2D eigenvalue weighted by molar-refractivity contribution is -0.150. The number of carbonyl (C=O) groups is 1. The minimum Gasteiger partial charge on any atom is -0.465 e. The molecule has 1 rings (SSSR count). The van der Waals surface area contributed by atoms with Crippen LogP contribution < -0.4 is 5.32 Å². The molecule has 0 fully saturated rings. The van der Waals surface area contributed by atoms with E-state index in [1.165, 1.54) is 0 Å². The highest BCUT2D eigenvalue weighted by Gasteiger charge is 2.33. The minimum atomic E-state index is -0.642. The Morgan fingerprint density at radius 1 is 1.52 bits per heavy atom. The van der Waals surface area contributed by atoms with E-state index in [-0.39, 0.29) is 5.97 Å². The third-order valence-electron chi connectivity index (χ3n) is 3.58. The van der Waals surface area contributed by atoms with Crippen molar-refractivity contribution < 1.29 is 9.53 Å². The second-order valence-electron chi connectivity index (χ2n) is 5.38. The first-order chi connectivity index (χ1) is 9.94. The minimum absolute atomic E-state index is 0.186. The van der Waals surface area contributed by atoms with E-state index >= 15 is 0 Å². The van der Waals surface area contributed by atoms with Gasteiger partial charge in [-0.15, -0.1) is 0 Å². The molecule has 0 aliphatic carbocycles. The normalized spacial score (nSPS) is 14.0. The monoisotopic (exact) mass is 315 g/mol. The van der Waals surface area contributed by atoms with Crippen LogP contribution in [0.3, 0.4) is 0 Å². The van der Waals surface area contributed by atoms with Crippen molar-refractivity contribution in [2.75, 3.05) is 13.2 Å². The van der Waals surface area contributed by atoms with Gasteiger partial charge in [0, 0.05) is 6.54 Å². The Bertz CT molecular complexity index is 462. The average Bonchev–Trinajstić information content (AvgIpc) is 2.77. The first-order valence-corrected chi connectivity index (χ1v) is 7.92. The van der Waals surface area contributed by atoms with Crippen LogP contribution in [-0.4, -0.2) is 34.4 Å². The van der Waals surface area contributed by atoms with Crippen molar-refractivity contribution in [2.24, 2.45) is 0 Å². The van der Waals surface area contributed by atoms with Gasteiger partial charge in [-0.2, -0.15) is 5.10 Å². The van der Waals surface area contributed by atoms with Gasteiger partial charge in [-0.3, -0.25) is 9.48 Å². The van der Waals surface area contributed by atoms with E-state index in [0.717, 1.165) is 31.6 Å². The maximum atomic E-state index is 12.2. The van der Waals surface area contributed by atoms with Gasteiger partial charge >= 0.3 is 5.97 Å². The molecule has 120 valence electrons. The third-order valence-corrected chi connectivity index (χ3v) is 3.95. The molecular weight excluding hydrogens is 290 g/mol. The predicted molar refractivity (Wildman–Crippen MR) is 84.5 cm³/mol. The Morgan fingerprint density at radius 2 is 2.24 bits per heavy atom. The fourth-order valence-electron chi connectivity index (χ4n) is 2.19. The molecule has 6 heteroatoms. The number of aryl methyl sites for hydroxylation is 1. The van der Waals surface area contributed by atoms with E-state index in [9.17, 15) is 4.79 Å². The summed E-state index contributed by atoms with van der Waals surface area (Å²) in [6.45, 7) is 9.68. The Hall–Kier alpha value is -1.07. The largest absolute Gasteiger partial charge is 0.465 e. The van der Waals surface area contributed by atoms with Gasteiger partial charge in [0.2, 0.25) is 0 Å². The standard InChI is InChI=1S/C15H26ClN3O2/c1-5-9-17-15(4,14(20)21-6-2)8-7-10-19-12(3)13(16)11-18-19/h11,17H,5-10H2,1-4H3. The van der Waals surface area contributed by atoms with Crippen LogP contribution in [0.2, 0.25) is 5.02 Å². The highest BCUT2D eigenvalue weighted by Crippen LogP contribution is 2.18. The molecule has 0 saturated heterocycles. The molecule has 0 saturated carbocycles. The van der Waals surface area contributed by atoms with Crippen LogP contribution in [0.25, 0.3) is 0 Å². The summed E-state index contributed by atoms with van der Waals surface area (Å²) in [7, 11) is 0. The molecule has 1 aromatic rings. The number of carbonyl (C=O) groups excluding carboxylic acids is 1. The number of rotatable bonds is 9. The summed E-state index contributed by atoms with van der Waals surface area (Å²) in [5, 5.41) is 8.21. The third kappa shape index (κ3) is 5.00. The molecule has 1 heterocycles. The molecule has 5 nitrogen and oxygen atoms in total. The van der Waals surface area contributed by atoms with Gasteiger partial charge < -0.3 is 10.1 Å². The van der Waals surface area contributed by atoms with Crippen molar-refractivity contribution >= 4 is 17.6 Å². The number of esters is 1. The molecule has 1 atom stereocenters.